The number of hydrogen-bond acceptors (Lipinski definition) is 4. The van der Waals surface area contributed by atoms with E-state index < -0.39 is 0 Å². The van der Waals surface area contributed by atoms with Crippen molar-refractivity contribution in [3.8, 4) is 0 Å². The van der Waals surface area contributed by atoms with Gasteiger partial charge in [-0.15, -0.1) is 0 Å². The summed E-state index contributed by atoms with van der Waals surface area (Å²) in [7, 11) is 0. The van der Waals surface area contributed by atoms with Crippen LogP contribution in [0.3, 0.4) is 0 Å². The van der Waals surface area contributed by atoms with Crippen LogP contribution in [-0.4, -0.2) is 52.3 Å². The number of aliphatic hydroxyl groups excluding tert-OH is 2. The van der Waals surface area contributed by atoms with Gasteiger partial charge in [0.1, 0.15) is 0 Å². The van der Waals surface area contributed by atoms with E-state index in [4.69, 9.17) is 10.2 Å². The third kappa shape index (κ3) is 2.95. The van der Waals surface area contributed by atoms with Crippen LogP contribution >= 0.6 is 0 Å². The van der Waals surface area contributed by atoms with Crippen LogP contribution in [0, 0.1) is 6.92 Å². The normalized spacial score (nSPS) is 10.8. The summed E-state index contributed by atoms with van der Waals surface area (Å²) >= 11 is 0. The van der Waals surface area contributed by atoms with Gasteiger partial charge >= 0.3 is 0 Å². The molecule has 0 spiro atoms. The van der Waals surface area contributed by atoms with Gasteiger partial charge in [0.25, 0.3) is 5.91 Å². The minimum atomic E-state index is -0.225. The van der Waals surface area contributed by atoms with E-state index in [0.717, 1.165) is 11.1 Å². The van der Waals surface area contributed by atoms with Crippen LogP contribution in [-0.2, 0) is 0 Å². The molecule has 0 aliphatic rings. The first-order chi connectivity index (χ1) is 9.67. The third-order valence-electron chi connectivity index (χ3n) is 3.12. The molecular formula is C15H18N2O3. The van der Waals surface area contributed by atoms with Crippen molar-refractivity contribution < 1.29 is 15.0 Å². The minimum absolute atomic E-state index is 0.136. The van der Waals surface area contributed by atoms with E-state index in [1.807, 2.05) is 31.2 Å². The summed E-state index contributed by atoms with van der Waals surface area (Å²) in [6, 6.07) is 9.26. The van der Waals surface area contributed by atoms with Crippen LogP contribution in [0.5, 0.6) is 0 Å². The second-order valence-electron chi connectivity index (χ2n) is 4.57. The molecular weight excluding hydrogens is 256 g/mol. The van der Waals surface area contributed by atoms with Gasteiger partial charge in [-0.1, -0.05) is 18.2 Å². The monoisotopic (exact) mass is 274 g/mol. The van der Waals surface area contributed by atoms with Gasteiger partial charge in [-0.3, -0.25) is 9.78 Å². The number of amides is 1. The van der Waals surface area contributed by atoms with Crippen LogP contribution < -0.4 is 0 Å². The maximum absolute atomic E-state index is 12.5. The van der Waals surface area contributed by atoms with Gasteiger partial charge in [0.15, 0.2) is 0 Å². The predicted octanol–water partition coefficient (Wildman–Crippen LogP) is 0.970. The number of fused-ring (bicyclic) bond motifs is 1. The molecule has 2 rings (SSSR count). The zero-order chi connectivity index (χ0) is 14.5. The highest BCUT2D eigenvalue weighted by Gasteiger charge is 2.18. The van der Waals surface area contributed by atoms with Gasteiger partial charge < -0.3 is 15.1 Å². The summed E-state index contributed by atoms with van der Waals surface area (Å²) in [4.78, 5) is 18.4. The van der Waals surface area contributed by atoms with Crippen molar-refractivity contribution >= 4 is 16.8 Å². The number of benzene rings is 1. The zero-order valence-corrected chi connectivity index (χ0v) is 11.4. The first-order valence-electron chi connectivity index (χ1n) is 6.54. The van der Waals surface area contributed by atoms with Crippen LogP contribution in [0.1, 0.15) is 16.1 Å². The molecule has 2 N–H and O–H groups in total. The van der Waals surface area contributed by atoms with Crippen LogP contribution in [0.4, 0.5) is 0 Å². The highest BCUT2D eigenvalue weighted by Crippen LogP contribution is 2.18. The molecule has 0 aliphatic carbocycles. The second kappa shape index (κ2) is 6.45. The molecule has 0 radical (unpaired) electrons. The van der Waals surface area contributed by atoms with E-state index in [-0.39, 0.29) is 32.2 Å². The number of para-hydroxylation sites is 1. The van der Waals surface area contributed by atoms with Crippen molar-refractivity contribution in [3.63, 3.8) is 0 Å². The van der Waals surface area contributed by atoms with Gasteiger partial charge in [-0.25, -0.2) is 0 Å². The fourth-order valence-corrected chi connectivity index (χ4v) is 2.14. The molecule has 0 atom stereocenters. The fourth-order valence-electron chi connectivity index (χ4n) is 2.14. The van der Waals surface area contributed by atoms with E-state index in [0.29, 0.717) is 11.1 Å². The summed E-state index contributed by atoms with van der Waals surface area (Å²) < 4.78 is 0. The SMILES string of the molecule is Cc1ccc2cccc(C(=O)N(CCO)CCO)c2n1. The molecule has 0 saturated carbocycles. The Bertz CT molecular complexity index is 607. The van der Waals surface area contributed by atoms with Crippen molar-refractivity contribution in [3.05, 3.63) is 41.6 Å². The van der Waals surface area contributed by atoms with Crippen LogP contribution in [0.25, 0.3) is 10.9 Å². The molecule has 5 heteroatoms. The van der Waals surface area contributed by atoms with Crippen molar-refractivity contribution in [1.29, 1.82) is 0 Å². The Labute approximate surface area is 117 Å². The van der Waals surface area contributed by atoms with E-state index in [1.165, 1.54) is 4.90 Å². The Morgan fingerprint density at radius 1 is 1.15 bits per heavy atom. The second-order valence-corrected chi connectivity index (χ2v) is 4.57. The first-order valence-corrected chi connectivity index (χ1v) is 6.54. The van der Waals surface area contributed by atoms with Gasteiger partial charge in [0, 0.05) is 24.2 Å². The molecule has 0 bridgehead atoms. The van der Waals surface area contributed by atoms with Crippen LogP contribution in [0.15, 0.2) is 30.3 Å². The number of nitrogens with zero attached hydrogens (tertiary/aromatic N) is 2. The molecule has 2 aromatic rings. The molecule has 106 valence electrons. The molecule has 0 fully saturated rings. The topological polar surface area (TPSA) is 73.7 Å². The summed E-state index contributed by atoms with van der Waals surface area (Å²) in [5.74, 6) is -0.225. The van der Waals surface area contributed by atoms with Crippen molar-refractivity contribution in [2.45, 2.75) is 6.92 Å². The molecule has 1 heterocycles. The number of aryl methyl sites for hydroxylation is 1. The average molecular weight is 274 g/mol. The number of carbonyl (C=O) groups excluding carboxylic acids is 1. The maximum atomic E-state index is 12.5. The van der Waals surface area contributed by atoms with Gasteiger partial charge in [-0.2, -0.15) is 0 Å². The van der Waals surface area contributed by atoms with Gasteiger partial charge in [-0.05, 0) is 19.1 Å². The number of aliphatic hydroxyl groups is 2. The third-order valence-corrected chi connectivity index (χ3v) is 3.12. The summed E-state index contributed by atoms with van der Waals surface area (Å²) in [6.45, 7) is 2.00. The molecule has 0 aliphatic heterocycles. The summed E-state index contributed by atoms with van der Waals surface area (Å²) in [5, 5.41) is 18.9. The standard InChI is InChI=1S/C15H18N2O3/c1-11-5-6-12-3-2-4-13(14(12)16-11)15(20)17(7-9-18)8-10-19/h2-6,18-19H,7-10H2,1H3. The predicted molar refractivity (Wildman–Crippen MR) is 76.6 cm³/mol. The van der Waals surface area contributed by atoms with Crippen molar-refractivity contribution in [1.82, 2.24) is 9.88 Å². The van der Waals surface area contributed by atoms with Crippen molar-refractivity contribution in [2.75, 3.05) is 26.3 Å². The molecule has 1 aromatic heterocycles. The number of aromatic nitrogens is 1. The Morgan fingerprint density at radius 2 is 1.85 bits per heavy atom. The highest BCUT2D eigenvalue weighted by molar-refractivity contribution is 6.05. The number of carbonyl (C=O) groups is 1. The first kappa shape index (κ1) is 14.4. The Morgan fingerprint density at radius 3 is 2.50 bits per heavy atom. The lowest BCUT2D eigenvalue weighted by Gasteiger charge is -2.21. The lowest BCUT2D eigenvalue weighted by atomic mass is 10.1. The van der Waals surface area contributed by atoms with E-state index in [1.54, 1.807) is 6.07 Å². The van der Waals surface area contributed by atoms with Crippen molar-refractivity contribution in [2.24, 2.45) is 0 Å². The summed E-state index contributed by atoms with van der Waals surface area (Å²) in [5.41, 5.74) is 1.99. The van der Waals surface area contributed by atoms with E-state index in [9.17, 15) is 4.79 Å². The lowest BCUT2D eigenvalue weighted by molar-refractivity contribution is 0.0686. The number of hydrogen-bond donors (Lipinski definition) is 2. The molecule has 5 nitrogen and oxygen atoms in total. The van der Waals surface area contributed by atoms with E-state index in [2.05, 4.69) is 4.98 Å². The molecule has 1 amide bonds. The zero-order valence-electron chi connectivity index (χ0n) is 11.4. The van der Waals surface area contributed by atoms with Gasteiger partial charge in [0.05, 0.1) is 24.3 Å². The van der Waals surface area contributed by atoms with Crippen LogP contribution in [0.2, 0.25) is 0 Å². The van der Waals surface area contributed by atoms with Gasteiger partial charge in [0.2, 0.25) is 0 Å². The Balaban J connectivity index is 2.45. The smallest absolute Gasteiger partial charge is 0.256 e. The average Bonchev–Trinajstić information content (AvgIpc) is 2.45. The van der Waals surface area contributed by atoms with E-state index >= 15 is 0 Å². The largest absolute Gasteiger partial charge is 0.395 e. The molecule has 1 aromatic carbocycles. The Hall–Kier alpha value is -1.98. The Kier molecular flexibility index (Phi) is 4.65. The highest BCUT2D eigenvalue weighted by atomic mass is 16.3. The maximum Gasteiger partial charge on any atom is 0.256 e. The number of rotatable bonds is 5. The minimum Gasteiger partial charge on any atom is -0.395 e. The molecule has 0 saturated heterocycles. The fraction of sp³-hybridized carbons (Fsp3) is 0.333. The quantitative estimate of drug-likeness (QED) is 0.852. The lowest BCUT2D eigenvalue weighted by Crippen LogP contribution is -2.36. The number of pyridine rings is 1. The summed E-state index contributed by atoms with van der Waals surface area (Å²) in [6.07, 6.45) is 0. The molecule has 20 heavy (non-hydrogen) atoms. The molecule has 0 unspecified atom stereocenters.